The van der Waals surface area contributed by atoms with Gasteiger partial charge in [0.2, 0.25) is 0 Å². The quantitative estimate of drug-likeness (QED) is 0.448. The minimum absolute atomic E-state index is 0.143. The van der Waals surface area contributed by atoms with Gasteiger partial charge in [-0.25, -0.2) is 0 Å². The molecular weight excluding hydrogens is 325 g/mol. The number of nitrogens with zero attached hydrogens (tertiary/aromatic N) is 1. The van der Waals surface area contributed by atoms with Crippen molar-refractivity contribution in [2.75, 3.05) is 19.8 Å². The molecule has 0 saturated carbocycles. The Morgan fingerprint density at radius 1 is 1.33 bits per heavy atom. The van der Waals surface area contributed by atoms with Crippen molar-refractivity contribution in [2.24, 2.45) is 0 Å². The third kappa shape index (κ3) is 7.65. The van der Waals surface area contributed by atoms with Crippen molar-refractivity contribution in [1.82, 2.24) is 5.32 Å². The summed E-state index contributed by atoms with van der Waals surface area (Å²) in [7, 11) is 0. The van der Waals surface area contributed by atoms with E-state index >= 15 is 0 Å². The molecule has 0 aliphatic heterocycles. The van der Waals surface area contributed by atoms with E-state index in [1.165, 1.54) is 18.2 Å². The lowest BCUT2D eigenvalue weighted by molar-refractivity contribution is -0.274. The third-order valence-electron chi connectivity index (χ3n) is 2.74. The van der Waals surface area contributed by atoms with E-state index in [9.17, 15) is 18.0 Å². The van der Waals surface area contributed by atoms with Crippen LogP contribution in [0.3, 0.4) is 0 Å². The summed E-state index contributed by atoms with van der Waals surface area (Å²) in [5, 5.41) is 11.6. The molecule has 1 rings (SSSR count). The highest BCUT2D eigenvalue weighted by molar-refractivity contribution is 6.01. The van der Waals surface area contributed by atoms with Crippen LogP contribution in [0.4, 0.5) is 13.2 Å². The smallest absolute Gasteiger partial charge is 0.406 e. The van der Waals surface area contributed by atoms with Gasteiger partial charge in [-0.05, 0) is 37.1 Å². The zero-order chi connectivity index (χ0) is 18.0. The van der Waals surface area contributed by atoms with Crippen molar-refractivity contribution in [3.05, 3.63) is 35.4 Å². The first-order valence-electron chi connectivity index (χ1n) is 7.19. The van der Waals surface area contributed by atoms with E-state index in [1.807, 2.05) is 6.92 Å². The maximum absolute atomic E-state index is 12.1. The van der Waals surface area contributed by atoms with Crippen LogP contribution >= 0.6 is 0 Å². The van der Waals surface area contributed by atoms with Gasteiger partial charge in [-0.1, -0.05) is 12.1 Å². The molecule has 5 nitrogen and oxygen atoms in total. The number of halogens is 3. The molecule has 1 aromatic rings. The molecule has 1 N–H and O–H groups in total. The molecule has 0 atom stereocenters. The number of nitrogens with one attached hydrogen (secondary N) is 1. The van der Waals surface area contributed by atoms with Crippen molar-refractivity contribution in [2.45, 2.75) is 19.7 Å². The second-order valence-corrected chi connectivity index (χ2v) is 4.59. The van der Waals surface area contributed by atoms with E-state index in [0.29, 0.717) is 31.7 Å². The number of alkyl halides is 3. The van der Waals surface area contributed by atoms with Crippen molar-refractivity contribution < 1.29 is 27.4 Å². The summed E-state index contributed by atoms with van der Waals surface area (Å²) in [6.45, 7) is 3.31. The number of hydrogen-bond acceptors (Lipinski definition) is 4. The van der Waals surface area contributed by atoms with Gasteiger partial charge in [-0.2, -0.15) is 5.26 Å². The monoisotopic (exact) mass is 342 g/mol. The van der Waals surface area contributed by atoms with E-state index in [1.54, 1.807) is 6.07 Å². The summed E-state index contributed by atoms with van der Waals surface area (Å²) in [6.07, 6.45) is -2.87. The Morgan fingerprint density at radius 2 is 2.00 bits per heavy atom. The largest absolute Gasteiger partial charge is 0.573 e. The zero-order valence-corrected chi connectivity index (χ0v) is 13.0. The first-order valence-corrected chi connectivity index (χ1v) is 7.19. The standard InChI is InChI=1S/C16H17F3N2O3/c1-2-23-9-3-8-21-15(22)13(11-20)10-12-4-6-14(7-5-12)24-16(17,18)19/h4-7,10H,2-3,8-9H2,1H3,(H,21,22)/b13-10+. The maximum atomic E-state index is 12.1. The molecule has 0 aliphatic rings. The van der Waals surface area contributed by atoms with Crippen molar-refractivity contribution >= 4 is 12.0 Å². The maximum Gasteiger partial charge on any atom is 0.573 e. The van der Waals surface area contributed by atoms with Gasteiger partial charge < -0.3 is 14.8 Å². The number of hydrogen-bond donors (Lipinski definition) is 1. The Labute approximate surface area is 137 Å². The van der Waals surface area contributed by atoms with Gasteiger partial charge in [0.15, 0.2) is 0 Å². The number of carbonyl (C=O) groups is 1. The van der Waals surface area contributed by atoms with Crippen molar-refractivity contribution in [3.63, 3.8) is 0 Å². The second kappa shape index (κ2) is 9.57. The van der Waals surface area contributed by atoms with Gasteiger partial charge in [0.25, 0.3) is 5.91 Å². The molecule has 1 aromatic carbocycles. The molecule has 0 spiro atoms. The lowest BCUT2D eigenvalue weighted by atomic mass is 10.1. The average Bonchev–Trinajstić information content (AvgIpc) is 2.52. The molecule has 24 heavy (non-hydrogen) atoms. The lowest BCUT2D eigenvalue weighted by Gasteiger charge is -2.08. The normalized spacial score (nSPS) is 11.7. The predicted molar refractivity (Wildman–Crippen MR) is 80.8 cm³/mol. The zero-order valence-electron chi connectivity index (χ0n) is 13.0. The molecule has 0 saturated heterocycles. The van der Waals surface area contributed by atoms with Crippen LogP contribution in [-0.4, -0.2) is 32.0 Å². The molecule has 0 radical (unpaired) electrons. The fourth-order valence-electron chi connectivity index (χ4n) is 1.70. The Bertz CT molecular complexity index is 604. The molecule has 0 unspecified atom stereocenters. The van der Waals surface area contributed by atoms with Crippen LogP contribution in [0.15, 0.2) is 29.8 Å². The molecule has 130 valence electrons. The van der Waals surface area contributed by atoms with Crippen LogP contribution < -0.4 is 10.1 Å². The van der Waals surface area contributed by atoms with Crippen LogP contribution in [0.2, 0.25) is 0 Å². The minimum Gasteiger partial charge on any atom is -0.406 e. The molecular formula is C16H17F3N2O3. The van der Waals surface area contributed by atoms with Gasteiger partial charge in [0, 0.05) is 19.8 Å². The van der Waals surface area contributed by atoms with Gasteiger partial charge >= 0.3 is 6.36 Å². The van der Waals surface area contributed by atoms with E-state index in [-0.39, 0.29) is 11.3 Å². The van der Waals surface area contributed by atoms with Gasteiger partial charge in [-0.3, -0.25) is 4.79 Å². The first kappa shape index (κ1) is 19.5. The molecule has 0 fully saturated rings. The van der Waals surface area contributed by atoms with E-state index < -0.39 is 12.3 Å². The number of benzene rings is 1. The van der Waals surface area contributed by atoms with Gasteiger partial charge in [0.05, 0.1) is 0 Å². The van der Waals surface area contributed by atoms with Crippen LogP contribution in [0.5, 0.6) is 5.75 Å². The summed E-state index contributed by atoms with van der Waals surface area (Å²) in [6, 6.07) is 6.61. The molecule has 0 aromatic heterocycles. The van der Waals surface area contributed by atoms with Crippen LogP contribution in [0.1, 0.15) is 18.9 Å². The Kier molecular flexibility index (Phi) is 7.79. The Hall–Kier alpha value is -2.53. The fraction of sp³-hybridized carbons (Fsp3) is 0.375. The highest BCUT2D eigenvalue weighted by Gasteiger charge is 2.30. The van der Waals surface area contributed by atoms with E-state index in [0.717, 1.165) is 12.1 Å². The van der Waals surface area contributed by atoms with E-state index in [2.05, 4.69) is 10.1 Å². The third-order valence-corrected chi connectivity index (χ3v) is 2.74. The lowest BCUT2D eigenvalue weighted by Crippen LogP contribution is -2.26. The molecule has 0 bridgehead atoms. The summed E-state index contributed by atoms with van der Waals surface area (Å²) in [5.41, 5.74) is 0.265. The van der Waals surface area contributed by atoms with Gasteiger partial charge in [0.1, 0.15) is 17.4 Å². The highest BCUT2D eigenvalue weighted by atomic mass is 19.4. The van der Waals surface area contributed by atoms with Crippen molar-refractivity contribution in [3.8, 4) is 11.8 Å². The number of amides is 1. The Balaban J connectivity index is 2.64. The Morgan fingerprint density at radius 3 is 2.54 bits per heavy atom. The second-order valence-electron chi connectivity index (χ2n) is 4.59. The van der Waals surface area contributed by atoms with Crippen LogP contribution in [-0.2, 0) is 9.53 Å². The topological polar surface area (TPSA) is 71.3 Å². The summed E-state index contributed by atoms with van der Waals surface area (Å²) in [5.74, 6) is -0.928. The number of rotatable bonds is 8. The van der Waals surface area contributed by atoms with Crippen LogP contribution in [0, 0.1) is 11.3 Å². The van der Waals surface area contributed by atoms with E-state index in [4.69, 9.17) is 10.00 Å². The molecule has 1 amide bonds. The summed E-state index contributed by atoms with van der Waals surface area (Å²) in [4.78, 5) is 11.8. The highest BCUT2D eigenvalue weighted by Crippen LogP contribution is 2.23. The predicted octanol–water partition coefficient (Wildman–Crippen LogP) is 3.03. The number of ether oxygens (including phenoxy) is 2. The first-order chi connectivity index (χ1) is 11.4. The van der Waals surface area contributed by atoms with Gasteiger partial charge in [-0.15, -0.1) is 13.2 Å². The SMILES string of the molecule is CCOCCCNC(=O)/C(C#N)=C/c1ccc(OC(F)(F)F)cc1. The fourth-order valence-corrected chi connectivity index (χ4v) is 1.70. The summed E-state index contributed by atoms with van der Waals surface area (Å²) >= 11 is 0. The number of nitriles is 1. The number of carbonyl (C=O) groups excluding carboxylic acids is 1. The molecule has 0 heterocycles. The molecule has 8 heteroatoms. The van der Waals surface area contributed by atoms with Crippen molar-refractivity contribution in [1.29, 1.82) is 5.26 Å². The summed E-state index contributed by atoms with van der Waals surface area (Å²) < 4.78 is 45.1. The van der Waals surface area contributed by atoms with Crippen LogP contribution in [0.25, 0.3) is 6.08 Å². The average molecular weight is 342 g/mol. The minimum atomic E-state index is -4.77. The molecule has 0 aliphatic carbocycles.